The van der Waals surface area contributed by atoms with Gasteiger partial charge in [0.25, 0.3) is 5.91 Å². The highest BCUT2D eigenvalue weighted by molar-refractivity contribution is 5.94. The Morgan fingerprint density at radius 1 is 1.17 bits per heavy atom. The number of aryl methyl sites for hydroxylation is 1. The van der Waals surface area contributed by atoms with Gasteiger partial charge in [-0.2, -0.15) is 5.10 Å². The second kappa shape index (κ2) is 10.2. The van der Waals surface area contributed by atoms with Crippen LogP contribution in [0.5, 0.6) is 0 Å². The number of guanidine groups is 1. The van der Waals surface area contributed by atoms with Crippen LogP contribution in [0.2, 0.25) is 0 Å². The molecule has 0 atom stereocenters. The third-order valence-electron chi connectivity index (χ3n) is 4.59. The fourth-order valence-corrected chi connectivity index (χ4v) is 3.02. The lowest BCUT2D eigenvalue weighted by Gasteiger charge is -2.13. The Hall–Kier alpha value is -3.69. The average Bonchev–Trinajstić information content (AvgIpc) is 3.16. The fraction of sp³-hybridized carbons (Fsp3) is 0.350. The van der Waals surface area contributed by atoms with Gasteiger partial charge in [0.05, 0.1) is 11.6 Å². The molecule has 1 aromatic carbocycles. The summed E-state index contributed by atoms with van der Waals surface area (Å²) in [6.07, 6.45) is 4.06. The van der Waals surface area contributed by atoms with E-state index in [-0.39, 0.29) is 5.91 Å². The smallest absolute Gasteiger partial charge is 0.251 e. The molecule has 4 N–H and O–H groups in total. The predicted molar refractivity (Wildman–Crippen MR) is 118 cm³/mol. The van der Waals surface area contributed by atoms with Gasteiger partial charge in [0.15, 0.2) is 11.6 Å². The summed E-state index contributed by atoms with van der Waals surface area (Å²) in [5.41, 5.74) is 2.54. The van der Waals surface area contributed by atoms with Gasteiger partial charge < -0.3 is 21.3 Å². The topological polar surface area (TPSA) is 121 Å². The number of benzene rings is 1. The highest BCUT2D eigenvalue weighted by Crippen LogP contribution is 2.17. The Balaban J connectivity index is 1.42. The van der Waals surface area contributed by atoms with Crippen LogP contribution in [0.15, 0.2) is 41.8 Å². The summed E-state index contributed by atoms with van der Waals surface area (Å²) in [5, 5.41) is 17.6. The first kappa shape index (κ1) is 21.0. The van der Waals surface area contributed by atoms with Crippen molar-refractivity contribution in [3.8, 4) is 0 Å². The zero-order valence-electron chi connectivity index (χ0n) is 17.4. The SMILES string of the molecule is CN=C(NCCNc1ncnc2c1cnn2C)NCCc1cccc(C(=O)NC)c1. The molecule has 30 heavy (non-hydrogen) atoms. The Morgan fingerprint density at radius 2 is 2.00 bits per heavy atom. The van der Waals surface area contributed by atoms with Crippen molar-refractivity contribution in [2.75, 3.05) is 39.0 Å². The van der Waals surface area contributed by atoms with Crippen LogP contribution in [0, 0.1) is 0 Å². The quantitative estimate of drug-likeness (QED) is 0.243. The van der Waals surface area contributed by atoms with Crippen LogP contribution in [0.3, 0.4) is 0 Å². The van der Waals surface area contributed by atoms with Crippen molar-refractivity contribution in [1.29, 1.82) is 0 Å². The summed E-state index contributed by atoms with van der Waals surface area (Å²) in [4.78, 5) is 24.5. The van der Waals surface area contributed by atoms with Crippen LogP contribution < -0.4 is 21.3 Å². The zero-order valence-corrected chi connectivity index (χ0v) is 17.4. The van der Waals surface area contributed by atoms with E-state index in [1.54, 1.807) is 31.0 Å². The molecule has 10 nitrogen and oxygen atoms in total. The van der Waals surface area contributed by atoms with E-state index in [0.29, 0.717) is 31.2 Å². The second-order valence-corrected chi connectivity index (χ2v) is 6.61. The molecule has 0 radical (unpaired) electrons. The van der Waals surface area contributed by atoms with E-state index >= 15 is 0 Å². The molecule has 0 saturated heterocycles. The van der Waals surface area contributed by atoms with E-state index in [1.807, 2.05) is 25.2 Å². The molecule has 3 aromatic rings. The minimum atomic E-state index is -0.0815. The van der Waals surface area contributed by atoms with Crippen molar-refractivity contribution >= 4 is 28.7 Å². The fourth-order valence-electron chi connectivity index (χ4n) is 3.02. The summed E-state index contributed by atoms with van der Waals surface area (Å²) < 4.78 is 1.72. The summed E-state index contributed by atoms with van der Waals surface area (Å²) >= 11 is 0. The van der Waals surface area contributed by atoms with E-state index in [1.165, 1.54) is 6.33 Å². The van der Waals surface area contributed by atoms with Crippen molar-refractivity contribution < 1.29 is 4.79 Å². The summed E-state index contributed by atoms with van der Waals surface area (Å²) in [7, 11) is 5.22. The van der Waals surface area contributed by atoms with E-state index < -0.39 is 0 Å². The van der Waals surface area contributed by atoms with Crippen LogP contribution in [-0.2, 0) is 13.5 Å². The molecule has 0 bridgehead atoms. The van der Waals surface area contributed by atoms with Gasteiger partial charge in [-0.1, -0.05) is 12.1 Å². The molecule has 0 fully saturated rings. The van der Waals surface area contributed by atoms with Gasteiger partial charge in [-0.05, 0) is 24.1 Å². The van der Waals surface area contributed by atoms with Crippen molar-refractivity contribution in [1.82, 2.24) is 35.7 Å². The van der Waals surface area contributed by atoms with E-state index in [2.05, 4.69) is 41.3 Å². The van der Waals surface area contributed by atoms with E-state index in [9.17, 15) is 4.79 Å². The summed E-state index contributed by atoms with van der Waals surface area (Å²) in [6, 6.07) is 7.61. The molecule has 3 rings (SSSR count). The Labute approximate surface area is 175 Å². The lowest BCUT2D eigenvalue weighted by molar-refractivity contribution is 0.0963. The number of aliphatic imine (C=N–C) groups is 1. The third kappa shape index (κ3) is 5.22. The zero-order chi connectivity index (χ0) is 21.3. The molecule has 0 aliphatic rings. The van der Waals surface area contributed by atoms with Gasteiger partial charge in [0.1, 0.15) is 12.1 Å². The average molecular weight is 409 g/mol. The van der Waals surface area contributed by atoms with Gasteiger partial charge in [-0.3, -0.25) is 14.5 Å². The van der Waals surface area contributed by atoms with Gasteiger partial charge in [0.2, 0.25) is 0 Å². The van der Waals surface area contributed by atoms with Gasteiger partial charge >= 0.3 is 0 Å². The number of aromatic nitrogens is 4. The Bertz CT molecular complexity index is 1030. The predicted octanol–water partition coefficient (Wildman–Crippen LogP) is 0.543. The molecule has 1 amide bonds. The maximum Gasteiger partial charge on any atom is 0.251 e. The van der Waals surface area contributed by atoms with Crippen molar-refractivity contribution in [2.45, 2.75) is 6.42 Å². The maximum atomic E-state index is 11.7. The minimum Gasteiger partial charge on any atom is -0.368 e. The van der Waals surface area contributed by atoms with Gasteiger partial charge in [0, 0.05) is 46.3 Å². The van der Waals surface area contributed by atoms with E-state index in [0.717, 1.165) is 28.8 Å². The number of carbonyl (C=O) groups is 1. The minimum absolute atomic E-state index is 0.0815. The lowest BCUT2D eigenvalue weighted by Crippen LogP contribution is -2.40. The number of fused-ring (bicyclic) bond motifs is 1. The highest BCUT2D eigenvalue weighted by Gasteiger charge is 2.07. The monoisotopic (exact) mass is 409 g/mol. The van der Waals surface area contributed by atoms with Crippen LogP contribution in [0.1, 0.15) is 15.9 Å². The van der Waals surface area contributed by atoms with Crippen molar-refractivity contribution in [3.63, 3.8) is 0 Å². The molecular weight excluding hydrogens is 382 g/mol. The number of carbonyl (C=O) groups excluding carboxylic acids is 1. The number of amides is 1. The highest BCUT2D eigenvalue weighted by atomic mass is 16.1. The molecule has 2 aromatic heterocycles. The number of nitrogens with one attached hydrogen (secondary N) is 4. The number of rotatable bonds is 8. The Kier molecular flexibility index (Phi) is 7.14. The maximum absolute atomic E-state index is 11.7. The molecule has 0 spiro atoms. The standard InChI is InChI=1S/C20H27N9O/c1-21-19(30)15-6-4-5-14(11-15)7-8-24-20(22-2)25-10-9-23-17-16-12-28-29(3)18(16)27-13-26-17/h4-6,11-13H,7-10H2,1-3H3,(H,21,30)(H2,22,24,25)(H,23,26,27). The third-order valence-corrected chi connectivity index (χ3v) is 4.59. The lowest BCUT2D eigenvalue weighted by atomic mass is 10.1. The molecular formula is C20H27N9O. The first-order valence-electron chi connectivity index (χ1n) is 9.74. The summed E-state index contributed by atoms with van der Waals surface area (Å²) in [5.74, 6) is 1.39. The number of hydrogen-bond donors (Lipinski definition) is 4. The molecule has 0 aliphatic carbocycles. The molecule has 158 valence electrons. The van der Waals surface area contributed by atoms with Crippen LogP contribution in [0.25, 0.3) is 11.0 Å². The molecule has 0 aliphatic heterocycles. The second-order valence-electron chi connectivity index (χ2n) is 6.61. The largest absolute Gasteiger partial charge is 0.368 e. The number of nitrogens with zero attached hydrogens (tertiary/aromatic N) is 5. The van der Waals surface area contributed by atoms with Gasteiger partial charge in [-0.15, -0.1) is 0 Å². The first-order valence-corrected chi connectivity index (χ1v) is 9.74. The van der Waals surface area contributed by atoms with Gasteiger partial charge in [-0.25, -0.2) is 9.97 Å². The summed E-state index contributed by atoms with van der Waals surface area (Å²) in [6.45, 7) is 2.03. The molecule has 2 heterocycles. The normalized spacial score (nSPS) is 11.4. The Morgan fingerprint density at radius 3 is 2.80 bits per heavy atom. The first-order chi connectivity index (χ1) is 14.6. The number of anilines is 1. The van der Waals surface area contributed by atoms with Crippen LogP contribution >= 0.6 is 0 Å². The molecule has 0 unspecified atom stereocenters. The molecule has 10 heteroatoms. The van der Waals surface area contributed by atoms with Crippen molar-refractivity contribution in [3.05, 3.63) is 47.9 Å². The van der Waals surface area contributed by atoms with Crippen molar-refractivity contribution in [2.24, 2.45) is 12.0 Å². The van der Waals surface area contributed by atoms with E-state index in [4.69, 9.17) is 0 Å². The van der Waals surface area contributed by atoms with Crippen LogP contribution in [-0.4, -0.2) is 65.3 Å². The number of hydrogen-bond acceptors (Lipinski definition) is 6. The van der Waals surface area contributed by atoms with Crippen LogP contribution in [0.4, 0.5) is 5.82 Å². The molecule has 0 saturated carbocycles.